The van der Waals surface area contributed by atoms with Crippen molar-refractivity contribution in [1.29, 1.82) is 0 Å². The van der Waals surface area contributed by atoms with E-state index in [0.717, 1.165) is 13.0 Å². The van der Waals surface area contributed by atoms with Crippen LogP contribution in [0.4, 0.5) is 0 Å². The molecule has 0 aromatic rings. The maximum Gasteiger partial charge on any atom is 0.109 e. The van der Waals surface area contributed by atoms with Gasteiger partial charge in [0.1, 0.15) is 6.23 Å². The van der Waals surface area contributed by atoms with Gasteiger partial charge in [-0.15, -0.1) is 12.4 Å². The summed E-state index contributed by atoms with van der Waals surface area (Å²) in [6, 6.07) is 1.23. The zero-order valence-corrected chi connectivity index (χ0v) is 8.90. The van der Waals surface area contributed by atoms with Gasteiger partial charge in [0.15, 0.2) is 0 Å². The molecule has 13 heavy (non-hydrogen) atoms. The second-order valence-corrected chi connectivity index (χ2v) is 3.92. The maximum atomic E-state index is 5.58. The van der Waals surface area contributed by atoms with E-state index in [0.29, 0.717) is 18.3 Å². The van der Waals surface area contributed by atoms with Gasteiger partial charge in [0.25, 0.3) is 0 Å². The lowest BCUT2D eigenvalue weighted by Crippen LogP contribution is -2.34. The molecule has 3 nitrogen and oxygen atoms in total. The third-order valence-corrected chi connectivity index (χ3v) is 2.68. The van der Waals surface area contributed by atoms with Crippen LogP contribution in [0.3, 0.4) is 0 Å². The summed E-state index contributed by atoms with van der Waals surface area (Å²) >= 11 is 0. The SMILES string of the molecule is CC1COC(CC2CCCN2)N1.Cl. The van der Waals surface area contributed by atoms with E-state index in [1.165, 1.54) is 19.4 Å². The number of hydrogen-bond acceptors (Lipinski definition) is 3. The first kappa shape index (κ1) is 11.2. The highest BCUT2D eigenvalue weighted by Crippen LogP contribution is 2.14. The predicted molar refractivity (Wildman–Crippen MR) is 55.2 cm³/mol. The van der Waals surface area contributed by atoms with Crippen molar-refractivity contribution in [2.24, 2.45) is 0 Å². The fraction of sp³-hybridized carbons (Fsp3) is 1.00. The molecule has 0 aromatic heterocycles. The summed E-state index contributed by atoms with van der Waals surface area (Å²) in [5.41, 5.74) is 0. The lowest BCUT2D eigenvalue weighted by molar-refractivity contribution is 0.0859. The molecule has 0 amide bonds. The Morgan fingerprint density at radius 1 is 1.46 bits per heavy atom. The average Bonchev–Trinajstić information content (AvgIpc) is 2.63. The summed E-state index contributed by atoms with van der Waals surface area (Å²) in [6.07, 6.45) is 4.07. The number of hydrogen-bond donors (Lipinski definition) is 2. The van der Waals surface area contributed by atoms with Crippen molar-refractivity contribution in [2.45, 2.75) is 44.5 Å². The van der Waals surface area contributed by atoms with Gasteiger partial charge < -0.3 is 10.1 Å². The molecule has 2 rings (SSSR count). The quantitative estimate of drug-likeness (QED) is 0.704. The van der Waals surface area contributed by atoms with Gasteiger partial charge >= 0.3 is 0 Å². The first-order chi connectivity index (χ1) is 5.84. The van der Waals surface area contributed by atoms with Crippen LogP contribution in [0.25, 0.3) is 0 Å². The van der Waals surface area contributed by atoms with E-state index in [-0.39, 0.29) is 12.4 Å². The van der Waals surface area contributed by atoms with Gasteiger partial charge in [-0.3, -0.25) is 5.32 Å². The normalized spacial score (nSPS) is 39.0. The average molecular weight is 207 g/mol. The van der Waals surface area contributed by atoms with Gasteiger partial charge in [0.2, 0.25) is 0 Å². The minimum atomic E-state index is 0. The van der Waals surface area contributed by atoms with Gasteiger partial charge in [-0.05, 0) is 26.3 Å². The molecule has 4 heteroatoms. The van der Waals surface area contributed by atoms with E-state index >= 15 is 0 Å². The first-order valence-corrected chi connectivity index (χ1v) is 4.95. The van der Waals surface area contributed by atoms with Gasteiger partial charge in [-0.2, -0.15) is 0 Å². The molecule has 0 aliphatic carbocycles. The van der Waals surface area contributed by atoms with Crippen molar-refractivity contribution in [1.82, 2.24) is 10.6 Å². The molecule has 0 bridgehead atoms. The Morgan fingerprint density at radius 3 is 2.85 bits per heavy atom. The van der Waals surface area contributed by atoms with Gasteiger partial charge in [0, 0.05) is 18.5 Å². The van der Waals surface area contributed by atoms with Crippen LogP contribution in [0.5, 0.6) is 0 Å². The Balaban J connectivity index is 0.000000845. The zero-order chi connectivity index (χ0) is 8.39. The third-order valence-electron chi connectivity index (χ3n) is 2.68. The highest BCUT2D eigenvalue weighted by molar-refractivity contribution is 5.85. The number of rotatable bonds is 2. The molecule has 78 valence electrons. The third kappa shape index (κ3) is 3.09. The van der Waals surface area contributed by atoms with E-state index < -0.39 is 0 Å². The highest BCUT2D eigenvalue weighted by Gasteiger charge is 2.25. The minimum Gasteiger partial charge on any atom is -0.362 e. The molecule has 2 saturated heterocycles. The summed E-state index contributed by atoms with van der Waals surface area (Å²) in [6.45, 7) is 4.23. The van der Waals surface area contributed by atoms with Gasteiger partial charge in [0.05, 0.1) is 6.61 Å². The maximum absolute atomic E-state index is 5.58. The fourth-order valence-corrected chi connectivity index (χ4v) is 2.03. The van der Waals surface area contributed by atoms with Crippen molar-refractivity contribution in [3.63, 3.8) is 0 Å². The second kappa shape index (κ2) is 5.15. The van der Waals surface area contributed by atoms with Crippen LogP contribution in [0.1, 0.15) is 26.2 Å². The molecule has 0 aromatic carbocycles. The van der Waals surface area contributed by atoms with Crippen molar-refractivity contribution >= 4 is 12.4 Å². The summed E-state index contributed by atoms with van der Waals surface area (Å²) in [5.74, 6) is 0. The Bertz CT molecular complexity index is 151. The fourth-order valence-electron chi connectivity index (χ4n) is 2.03. The van der Waals surface area contributed by atoms with E-state index in [2.05, 4.69) is 17.6 Å². The zero-order valence-electron chi connectivity index (χ0n) is 8.08. The van der Waals surface area contributed by atoms with Crippen molar-refractivity contribution < 1.29 is 4.74 Å². The number of halogens is 1. The topological polar surface area (TPSA) is 33.3 Å². The Kier molecular flexibility index (Phi) is 4.46. The van der Waals surface area contributed by atoms with Gasteiger partial charge in [-0.1, -0.05) is 0 Å². The van der Waals surface area contributed by atoms with Gasteiger partial charge in [-0.25, -0.2) is 0 Å². The molecule has 3 atom stereocenters. The van der Waals surface area contributed by atoms with Crippen LogP contribution in [0.2, 0.25) is 0 Å². The van der Waals surface area contributed by atoms with Crippen LogP contribution in [-0.2, 0) is 4.74 Å². The van der Waals surface area contributed by atoms with Crippen LogP contribution in [0.15, 0.2) is 0 Å². The molecular formula is C9H19ClN2O. The van der Waals surface area contributed by atoms with Crippen LogP contribution in [-0.4, -0.2) is 31.5 Å². The number of nitrogens with one attached hydrogen (secondary N) is 2. The molecule has 0 spiro atoms. The van der Waals surface area contributed by atoms with Crippen molar-refractivity contribution in [3.8, 4) is 0 Å². The van der Waals surface area contributed by atoms with Crippen molar-refractivity contribution in [3.05, 3.63) is 0 Å². The van der Waals surface area contributed by atoms with Crippen LogP contribution in [0, 0.1) is 0 Å². The Hall–Kier alpha value is 0.170. The molecule has 0 saturated carbocycles. The van der Waals surface area contributed by atoms with Crippen LogP contribution >= 0.6 is 12.4 Å². The van der Waals surface area contributed by atoms with Crippen LogP contribution < -0.4 is 10.6 Å². The summed E-state index contributed by atoms with van der Waals surface area (Å²) < 4.78 is 5.58. The minimum absolute atomic E-state index is 0. The van der Waals surface area contributed by atoms with E-state index in [1.54, 1.807) is 0 Å². The lowest BCUT2D eigenvalue weighted by atomic mass is 10.1. The Morgan fingerprint density at radius 2 is 2.31 bits per heavy atom. The van der Waals surface area contributed by atoms with E-state index in [1.807, 2.05) is 0 Å². The molecule has 2 heterocycles. The smallest absolute Gasteiger partial charge is 0.109 e. The molecule has 2 aliphatic heterocycles. The Labute approximate surface area is 86.0 Å². The molecule has 2 N–H and O–H groups in total. The largest absolute Gasteiger partial charge is 0.362 e. The summed E-state index contributed by atoms with van der Waals surface area (Å²) in [5, 5.41) is 6.90. The molecule has 3 unspecified atom stereocenters. The molecule has 2 aliphatic rings. The van der Waals surface area contributed by atoms with E-state index in [4.69, 9.17) is 4.74 Å². The number of ether oxygens (including phenoxy) is 1. The monoisotopic (exact) mass is 206 g/mol. The second-order valence-electron chi connectivity index (χ2n) is 3.92. The van der Waals surface area contributed by atoms with Crippen molar-refractivity contribution in [2.75, 3.05) is 13.2 Å². The lowest BCUT2D eigenvalue weighted by Gasteiger charge is -2.15. The van der Waals surface area contributed by atoms with E-state index in [9.17, 15) is 0 Å². The molecule has 0 radical (unpaired) electrons. The predicted octanol–water partition coefficient (Wildman–Crippen LogP) is 0.885. The standard InChI is InChI=1S/C9H18N2O.ClH/c1-7-6-12-9(11-7)5-8-3-2-4-10-8;/h7-11H,2-6H2,1H3;1H. The summed E-state index contributed by atoms with van der Waals surface area (Å²) in [7, 11) is 0. The molecular weight excluding hydrogens is 188 g/mol. The molecule has 2 fully saturated rings. The highest BCUT2D eigenvalue weighted by atomic mass is 35.5. The first-order valence-electron chi connectivity index (χ1n) is 4.95. The summed E-state index contributed by atoms with van der Waals surface area (Å²) in [4.78, 5) is 0.